The molecule has 0 spiro atoms. The number of aromatic nitrogens is 3. The average Bonchev–Trinajstić information content (AvgIpc) is 3.32. The summed E-state index contributed by atoms with van der Waals surface area (Å²) in [4.78, 5) is 10.4. The Labute approximate surface area is 196 Å². The standard InChI is InChI=1S/C25H28FN5OS/c1-16(2)18-8-10-19(11-9-18)22(23-24(32)31-25(33-23)27-17(3)28-31)30-14-12-29(13-15-30)21-7-5-4-6-20(21)26/h4-11,16,22,32H,12-15H2,1-3H3/t22-/m0/s1. The van der Waals surface area contributed by atoms with E-state index in [2.05, 4.69) is 58.0 Å². The number of hydrogen-bond donors (Lipinski definition) is 1. The Balaban J connectivity index is 1.48. The first-order valence-electron chi connectivity index (χ1n) is 11.3. The number of fused-ring (bicyclic) bond motifs is 1. The van der Waals surface area contributed by atoms with Gasteiger partial charge in [-0.25, -0.2) is 9.37 Å². The number of anilines is 1. The van der Waals surface area contributed by atoms with Gasteiger partial charge in [-0.3, -0.25) is 4.90 Å². The van der Waals surface area contributed by atoms with E-state index < -0.39 is 0 Å². The van der Waals surface area contributed by atoms with Crippen molar-refractivity contribution in [2.45, 2.75) is 32.7 Å². The lowest BCUT2D eigenvalue weighted by atomic mass is 9.97. The Morgan fingerprint density at radius 1 is 0.970 bits per heavy atom. The smallest absolute Gasteiger partial charge is 0.230 e. The van der Waals surface area contributed by atoms with Gasteiger partial charge in [0.1, 0.15) is 11.6 Å². The van der Waals surface area contributed by atoms with Crippen LogP contribution in [-0.4, -0.2) is 50.8 Å². The molecule has 33 heavy (non-hydrogen) atoms. The van der Waals surface area contributed by atoms with E-state index in [1.54, 1.807) is 6.07 Å². The molecule has 2 aromatic carbocycles. The van der Waals surface area contributed by atoms with E-state index in [4.69, 9.17) is 0 Å². The van der Waals surface area contributed by atoms with Crippen molar-refractivity contribution in [2.24, 2.45) is 0 Å². The zero-order chi connectivity index (χ0) is 23.1. The molecule has 0 amide bonds. The largest absolute Gasteiger partial charge is 0.492 e. The van der Waals surface area contributed by atoms with Crippen LogP contribution >= 0.6 is 11.3 Å². The van der Waals surface area contributed by atoms with Crippen LogP contribution in [0.1, 0.15) is 47.6 Å². The number of halogens is 1. The molecule has 8 heteroatoms. The summed E-state index contributed by atoms with van der Waals surface area (Å²) in [7, 11) is 0. The zero-order valence-corrected chi connectivity index (χ0v) is 19.9. The average molecular weight is 466 g/mol. The number of hydrogen-bond acceptors (Lipinski definition) is 6. The highest BCUT2D eigenvalue weighted by atomic mass is 32.1. The Morgan fingerprint density at radius 3 is 2.27 bits per heavy atom. The minimum absolute atomic E-state index is 0.122. The van der Waals surface area contributed by atoms with E-state index in [0.29, 0.717) is 35.5 Å². The molecule has 1 aliphatic heterocycles. The third-order valence-electron chi connectivity index (χ3n) is 6.35. The number of para-hydroxylation sites is 1. The Bertz CT molecular complexity index is 1260. The van der Waals surface area contributed by atoms with E-state index in [0.717, 1.165) is 23.5 Å². The number of aryl methyl sites for hydroxylation is 1. The minimum Gasteiger partial charge on any atom is -0.492 e. The summed E-state index contributed by atoms with van der Waals surface area (Å²) in [5, 5.41) is 15.4. The number of benzene rings is 2. The van der Waals surface area contributed by atoms with Gasteiger partial charge in [0.05, 0.1) is 16.6 Å². The van der Waals surface area contributed by atoms with E-state index in [1.165, 1.54) is 27.5 Å². The first kappa shape index (κ1) is 21.9. The van der Waals surface area contributed by atoms with Crippen LogP contribution < -0.4 is 4.90 Å². The van der Waals surface area contributed by atoms with Crippen LogP contribution in [0, 0.1) is 12.7 Å². The summed E-state index contributed by atoms with van der Waals surface area (Å²) in [6.07, 6.45) is 0. The molecule has 0 unspecified atom stereocenters. The van der Waals surface area contributed by atoms with Crippen molar-refractivity contribution in [3.63, 3.8) is 0 Å². The van der Waals surface area contributed by atoms with Gasteiger partial charge in [-0.05, 0) is 36.1 Å². The van der Waals surface area contributed by atoms with Crippen molar-refractivity contribution in [2.75, 3.05) is 31.1 Å². The maximum absolute atomic E-state index is 14.3. The van der Waals surface area contributed by atoms with Crippen LogP contribution in [0.3, 0.4) is 0 Å². The number of thiazole rings is 1. The van der Waals surface area contributed by atoms with E-state index in [-0.39, 0.29) is 17.7 Å². The molecular formula is C25H28FN5OS. The van der Waals surface area contributed by atoms with Gasteiger partial charge in [-0.1, -0.05) is 61.6 Å². The molecule has 1 aliphatic rings. The van der Waals surface area contributed by atoms with Gasteiger partial charge in [-0.15, -0.1) is 5.10 Å². The summed E-state index contributed by atoms with van der Waals surface area (Å²) in [5.74, 6) is 1.04. The van der Waals surface area contributed by atoms with Crippen LogP contribution in [0.25, 0.3) is 4.96 Å². The molecule has 0 saturated carbocycles. The molecule has 1 fully saturated rings. The fourth-order valence-corrected chi connectivity index (χ4v) is 5.71. The molecule has 1 atom stereocenters. The fourth-order valence-electron chi connectivity index (χ4n) is 4.55. The molecule has 4 aromatic rings. The van der Waals surface area contributed by atoms with Crippen molar-refractivity contribution < 1.29 is 9.50 Å². The number of piperazine rings is 1. The van der Waals surface area contributed by atoms with E-state index >= 15 is 0 Å². The maximum Gasteiger partial charge on any atom is 0.230 e. The second-order valence-corrected chi connectivity index (χ2v) is 9.85. The third-order valence-corrected chi connectivity index (χ3v) is 7.42. The Hall–Kier alpha value is -2.97. The van der Waals surface area contributed by atoms with Crippen LogP contribution in [0.4, 0.5) is 10.1 Å². The van der Waals surface area contributed by atoms with Crippen LogP contribution in [0.5, 0.6) is 5.88 Å². The van der Waals surface area contributed by atoms with Gasteiger partial charge >= 0.3 is 0 Å². The molecular weight excluding hydrogens is 437 g/mol. The molecule has 3 heterocycles. The molecule has 1 saturated heterocycles. The summed E-state index contributed by atoms with van der Waals surface area (Å²) >= 11 is 1.48. The summed E-state index contributed by atoms with van der Waals surface area (Å²) < 4.78 is 15.9. The molecule has 0 aliphatic carbocycles. The molecule has 0 radical (unpaired) electrons. The van der Waals surface area contributed by atoms with E-state index in [1.807, 2.05) is 19.1 Å². The Kier molecular flexibility index (Phi) is 5.80. The Morgan fingerprint density at radius 2 is 1.64 bits per heavy atom. The van der Waals surface area contributed by atoms with E-state index in [9.17, 15) is 9.50 Å². The highest BCUT2D eigenvalue weighted by Gasteiger charge is 2.32. The number of rotatable bonds is 5. The predicted octanol–water partition coefficient (Wildman–Crippen LogP) is 4.98. The number of nitrogens with zero attached hydrogens (tertiary/aromatic N) is 5. The van der Waals surface area contributed by atoms with Gasteiger partial charge < -0.3 is 10.0 Å². The minimum atomic E-state index is -0.189. The van der Waals surface area contributed by atoms with Gasteiger partial charge in [0.25, 0.3) is 0 Å². The van der Waals surface area contributed by atoms with Gasteiger partial charge in [0.2, 0.25) is 10.8 Å². The second-order valence-electron chi connectivity index (χ2n) is 8.84. The second kappa shape index (κ2) is 8.76. The molecule has 172 valence electrons. The van der Waals surface area contributed by atoms with Crippen molar-refractivity contribution in [3.8, 4) is 5.88 Å². The third kappa shape index (κ3) is 4.09. The first-order chi connectivity index (χ1) is 15.9. The van der Waals surface area contributed by atoms with Crippen LogP contribution in [0.15, 0.2) is 48.5 Å². The molecule has 2 aromatic heterocycles. The SMILES string of the molecule is Cc1nc2sc([C@H](c3ccc(C(C)C)cc3)N3CCN(c4ccccc4F)CC3)c(O)n2n1. The molecule has 5 rings (SSSR count). The normalized spacial score (nSPS) is 16.1. The summed E-state index contributed by atoms with van der Waals surface area (Å²) in [6, 6.07) is 15.5. The van der Waals surface area contributed by atoms with Crippen molar-refractivity contribution >= 4 is 22.0 Å². The van der Waals surface area contributed by atoms with Gasteiger partial charge in [0.15, 0.2) is 0 Å². The van der Waals surface area contributed by atoms with Crippen LogP contribution in [-0.2, 0) is 0 Å². The zero-order valence-electron chi connectivity index (χ0n) is 19.1. The highest BCUT2D eigenvalue weighted by molar-refractivity contribution is 7.17. The summed E-state index contributed by atoms with van der Waals surface area (Å²) in [6.45, 7) is 9.10. The monoisotopic (exact) mass is 465 g/mol. The fraction of sp³-hybridized carbons (Fsp3) is 0.360. The first-order valence-corrected chi connectivity index (χ1v) is 12.1. The quantitative estimate of drug-likeness (QED) is 0.451. The lowest BCUT2D eigenvalue weighted by molar-refractivity contribution is 0.210. The van der Waals surface area contributed by atoms with Crippen LogP contribution in [0.2, 0.25) is 0 Å². The van der Waals surface area contributed by atoms with Gasteiger partial charge in [0, 0.05) is 26.2 Å². The topological polar surface area (TPSA) is 56.9 Å². The van der Waals surface area contributed by atoms with Gasteiger partial charge in [-0.2, -0.15) is 4.52 Å². The van der Waals surface area contributed by atoms with Crippen molar-refractivity contribution in [1.29, 1.82) is 0 Å². The summed E-state index contributed by atoms with van der Waals surface area (Å²) in [5.41, 5.74) is 3.05. The van der Waals surface area contributed by atoms with Crippen molar-refractivity contribution in [1.82, 2.24) is 19.5 Å². The molecule has 0 bridgehead atoms. The number of aromatic hydroxyl groups is 1. The van der Waals surface area contributed by atoms with Crippen molar-refractivity contribution in [3.05, 3.63) is 76.2 Å². The lowest BCUT2D eigenvalue weighted by Crippen LogP contribution is -2.48. The lowest BCUT2D eigenvalue weighted by Gasteiger charge is -2.40. The molecule has 6 nitrogen and oxygen atoms in total. The highest BCUT2D eigenvalue weighted by Crippen LogP contribution is 2.40. The molecule has 1 N–H and O–H groups in total. The predicted molar refractivity (Wildman–Crippen MR) is 130 cm³/mol. The maximum atomic E-state index is 14.3.